The zero-order valence-electron chi connectivity index (χ0n) is 15.9. The molecule has 2 rings (SSSR count). The number of rotatable bonds is 13. The summed E-state index contributed by atoms with van der Waals surface area (Å²) in [7, 11) is 0. The van der Waals surface area contributed by atoms with Crippen LogP contribution >= 0.6 is 11.8 Å². The van der Waals surface area contributed by atoms with Crippen LogP contribution in [0.1, 0.15) is 64.7 Å². The number of hydrogen-bond donors (Lipinski definition) is 2. The van der Waals surface area contributed by atoms with Gasteiger partial charge in [0, 0.05) is 18.7 Å². The third-order valence-corrected chi connectivity index (χ3v) is 6.69. The van der Waals surface area contributed by atoms with E-state index in [0.717, 1.165) is 56.5 Å². The van der Waals surface area contributed by atoms with Crippen LogP contribution in [0.15, 0.2) is 12.2 Å². The predicted molar refractivity (Wildman–Crippen MR) is 105 cm³/mol. The van der Waals surface area contributed by atoms with Crippen LogP contribution in [0, 0.1) is 5.41 Å². The number of unbranched alkanes of at least 4 members (excludes halogenated alkanes) is 2. The minimum Gasteiger partial charge on any atom is -0.481 e. The number of likely N-dealkylation sites (tertiary alicyclic amines) is 1. The maximum Gasteiger partial charge on any atom is 0.303 e. The van der Waals surface area contributed by atoms with Gasteiger partial charge in [0.1, 0.15) is 0 Å². The standard InChI is InChI=1S/C20H33NO4S/c1-2-3-4-5-17(22)8-6-16-7-9-18(23)21(16)12-13-26-15-20(10-11-20)14-19(24)25/h6,8,16-17,22H,2-5,7,9-15H2,1H3,(H,24,25)/t16-,17-/m0/s1. The lowest BCUT2D eigenvalue weighted by atomic mass is 10.1. The number of carbonyl (C=O) groups is 2. The van der Waals surface area contributed by atoms with E-state index in [1.165, 1.54) is 0 Å². The maximum absolute atomic E-state index is 12.1. The minimum absolute atomic E-state index is 0.00736. The number of nitrogens with zero attached hydrogens (tertiary/aromatic N) is 1. The number of hydrogen-bond acceptors (Lipinski definition) is 4. The van der Waals surface area contributed by atoms with Gasteiger partial charge in [0.2, 0.25) is 5.91 Å². The molecule has 2 fully saturated rings. The average molecular weight is 384 g/mol. The fourth-order valence-corrected chi connectivity index (χ4v) is 4.82. The molecule has 1 aliphatic carbocycles. The summed E-state index contributed by atoms with van der Waals surface area (Å²) in [4.78, 5) is 24.9. The van der Waals surface area contributed by atoms with Gasteiger partial charge in [-0.05, 0) is 36.9 Å². The van der Waals surface area contributed by atoms with Crippen LogP contribution in [-0.4, -0.2) is 57.2 Å². The monoisotopic (exact) mass is 383 g/mol. The first kappa shape index (κ1) is 21.3. The Hall–Kier alpha value is -1.01. The lowest BCUT2D eigenvalue weighted by Gasteiger charge is -2.23. The second kappa shape index (κ2) is 10.4. The molecule has 2 aliphatic rings. The van der Waals surface area contributed by atoms with Crippen molar-refractivity contribution in [3.05, 3.63) is 12.2 Å². The quantitative estimate of drug-likeness (QED) is 0.376. The summed E-state index contributed by atoms with van der Waals surface area (Å²) in [5.41, 5.74) is 0.00736. The largest absolute Gasteiger partial charge is 0.481 e. The molecule has 0 aromatic rings. The van der Waals surface area contributed by atoms with E-state index in [-0.39, 0.29) is 23.8 Å². The van der Waals surface area contributed by atoms with Gasteiger partial charge in [0.25, 0.3) is 0 Å². The van der Waals surface area contributed by atoms with Crippen LogP contribution in [-0.2, 0) is 9.59 Å². The number of aliphatic carboxylic acids is 1. The van der Waals surface area contributed by atoms with E-state index in [9.17, 15) is 14.7 Å². The molecule has 2 N–H and O–H groups in total. The molecular formula is C20H33NO4S. The molecule has 1 saturated carbocycles. The molecule has 1 aliphatic heterocycles. The molecule has 5 nitrogen and oxygen atoms in total. The molecule has 1 amide bonds. The van der Waals surface area contributed by atoms with Crippen LogP contribution < -0.4 is 0 Å². The van der Waals surface area contributed by atoms with E-state index in [0.29, 0.717) is 13.0 Å². The highest BCUT2D eigenvalue weighted by Gasteiger charge is 2.44. The highest BCUT2D eigenvalue weighted by molar-refractivity contribution is 7.99. The van der Waals surface area contributed by atoms with Crippen molar-refractivity contribution in [2.24, 2.45) is 5.41 Å². The number of carboxylic acids is 1. The van der Waals surface area contributed by atoms with Crippen LogP contribution in [0.4, 0.5) is 0 Å². The number of amides is 1. The number of thioether (sulfide) groups is 1. The maximum atomic E-state index is 12.1. The van der Waals surface area contributed by atoms with Gasteiger partial charge in [0.15, 0.2) is 0 Å². The highest BCUT2D eigenvalue weighted by atomic mass is 32.2. The van der Waals surface area contributed by atoms with E-state index >= 15 is 0 Å². The van der Waals surface area contributed by atoms with Crippen LogP contribution in [0.5, 0.6) is 0 Å². The molecule has 0 aromatic heterocycles. The summed E-state index contributed by atoms with van der Waals surface area (Å²) in [6, 6.07) is 0.0952. The summed E-state index contributed by atoms with van der Waals surface area (Å²) >= 11 is 1.76. The Morgan fingerprint density at radius 1 is 1.42 bits per heavy atom. The normalized spacial score (nSPS) is 22.9. The Bertz CT molecular complexity index is 504. The molecule has 1 saturated heterocycles. The first-order valence-electron chi connectivity index (χ1n) is 9.91. The lowest BCUT2D eigenvalue weighted by Crippen LogP contribution is -2.34. The fourth-order valence-electron chi connectivity index (χ4n) is 3.52. The first-order valence-corrected chi connectivity index (χ1v) is 11.1. The van der Waals surface area contributed by atoms with E-state index in [4.69, 9.17) is 5.11 Å². The van der Waals surface area contributed by atoms with Gasteiger partial charge < -0.3 is 15.1 Å². The Morgan fingerprint density at radius 2 is 2.19 bits per heavy atom. The van der Waals surface area contributed by atoms with E-state index in [1.54, 1.807) is 11.8 Å². The Labute approximate surface area is 161 Å². The van der Waals surface area contributed by atoms with Gasteiger partial charge in [-0.1, -0.05) is 38.3 Å². The zero-order valence-corrected chi connectivity index (χ0v) is 16.7. The molecule has 0 spiro atoms. The van der Waals surface area contributed by atoms with Crippen molar-refractivity contribution >= 4 is 23.6 Å². The van der Waals surface area contributed by atoms with Crippen molar-refractivity contribution in [1.29, 1.82) is 0 Å². The Morgan fingerprint density at radius 3 is 2.85 bits per heavy atom. The third kappa shape index (κ3) is 6.95. The number of carboxylic acid groups (broad SMARTS) is 1. The highest BCUT2D eigenvalue weighted by Crippen LogP contribution is 2.51. The molecule has 148 valence electrons. The van der Waals surface area contributed by atoms with Crippen molar-refractivity contribution in [2.45, 2.75) is 76.9 Å². The fraction of sp³-hybridized carbons (Fsp3) is 0.800. The molecule has 0 bridgehead atoms. The minimum atomic E-state index is -0.708. The molecule has 0 unspecified atom stereocenters. The van der Waals surface area contributed by atoms with Crippen molar-refractivity contribution in [3.63, 3.8) is 0 Å². The van der Waals surface area contributed by atoms with E-state index in [2.05, 4.69) is 6.92 Å². The topological polar surface area (TPSA) is 77.8 Å². The summed E-state index contributed by atoms with van der Waals surface area (Å²) in [5.74, 6) is 1.20. The van der Waals surface area contributed by atoms with Crippen molar-refractivity contribution in [2.75, 3.05) is 18.1 Å². The molecule has 2 atom stereocenters. The van der Waals surface area contributed by atoms with Crippen LogP contribution in [0.25, 0.3) is 0 Å². The average Bonchev–Trinajstić information content (AvgIpc) is 3.25. The molecule has 1 heterocycles. The van der Waals surface area contributed by atoms with Crippen LogP contribution in [0.3, 0.4) is 0 Å². The summed E-state index contributed by atoms with van der Waals surface area (Å²) in [6.45, 7) is 2.85. The predicted octanol–water partition coefficient (Wildman–Crippen LogP) is 3.46. The zero-order chi connectivity index (χ0) is 19.0. The third-order valence-electron chi connectivity index (χ3n) is 5.40. The van der Waals surface area contributed by atoms with Gasteiger partial charge in [0.05, 0.1) is 18.6 Å². The van der Waals surface area contributed by atoms with E-state index in [1.807, 2.05) is 17.1 Å². The molecule has 26 heavy (non-hydrogen) atoms. The lowest BCUT2D eigenvalue weighted by molar-refractivity contribution is -0.138. The van der Waals surface area contributed by atoms with Crippen LogP contribution in [0.2, 0.25) is 0 Å². The van der Waals surface area contributed by atoms with E-state index < -0.39 is 12.1 Å². The molecular weight excluding hydrogens is 350 g/mol. The molecule has 6 heteroatoms. The second-order valence-electron chi connectivity index (χ2n) is 7.76. The van der Waals surface area contributed by atoms with Gasteiger partial charge in [-0.15, -0.1) is 0 Å². The summed E-state index contributed by atoms with van der Waals surface area (Å²) in [6.07, 6.45) is 11.2. The van der Waals surface area contributed by atoms with Gasteiger partial charge in [-0.2, -0.15) is 11.8 Å². The Balaban J connectivity index is 1.71. The summed E-state index contributed by atoms with van der Waals surface area (Å²) in [5, 5.41) is 19.0. The summed E-state index contributed by atoms with van der Waals surface area (Å²) < 4.78 is 0. The van der Waals surface area contributed by atoms with Crippen molar-refractivity contribution in [1.82, 2.24) is 4.90 Å². The molecule has 0 aromatic carbocycles. The molecule has 0 radical (unpaired) electrons. The Kier molecular flexibility index (Phi) is 8.48. The van der Waals surface area contributed by atoms with Gasteiger partial charge in [-0.25, -0.2) is 0 Å². The number of carbonyl (C=O) groups excluding carboxylic acids is 1. The first-order chi connectivity index (χ1) is 12.5. The number of aliphatic hydroxyl groups is 1. The number of aliphatic hydroxyl groups excluding tert-OH is 1. The smallest absolute Gasteiger partial charge is 0.303 e. The second-order valence-corrected chi connectivity index (χ2v) is 8.87. The van der Waals surface area contributed by atoms with Gasteiger partial charge >= 0.3 is 5.97 Å². The van der Waals surface area contributed by atoms with Crippen molar-refractivity contribution in [3.8, 4) is 0 Å². The van der Waals surface area contributed by atoms with Gasteiger partial charge in [-0.3, -0.25) is 9.59 Å². The van der Waals surface area contributed by atoms with Crippen molar-refractivity contribution < 1.29 is 19.8 Å². The SMILES string of the molecule is CCCCC[C@H](O)C=C[C@H]1CCC(=O)N1CCSCC1(CC(=O)O)CC1.